The summed E-state index contributed by atoms with van der Waals surface area (Å²) in [7, 11) is 1.55. The molecule has 0 spiro atoms. The fourth-order valence-corrected chi connectivity index (χ4v) is 4.14. The van der Waals surface area contributed by atoms with E-state index in [-0.39, 0.29) is 18.9 Å². The summed E-state index contributed by atoms with van der Waals surface area (Å²) in [5.41, 5.74) is 1.18. The van der Waals surface area contributed by atoms with Crippen LogP contribution in [0.5, 0.6) is 5.75 Å². The molecule has 0 bridgehead atoms. The predicted octanol–water partition coefficient (Wildman–Crippen LogP) is 3.96. The van der Waals surface area contributed by atoms with Crippen molar-refractivity contribution in [2.24, 2.45) is 0 Å². The molecule has 6 nitrogen and oxygen atoms in total. The van der Waals surface area contributed by atoms with Crippen LogP contribution in [0.4, 0.5) is 0 Å². The Bertz CT molecular complexity index is 977. The first-order valence-electron chi connectivity index (χ1n) is 8.01. The summed E-state index contributed by atoms with van der Waals surface area (Å²) < 4.78 is 5.75. The van der Waals surface area contributed by atoms with Gasteiger partial charge < -0.3 is 9.84 Å². The van der Waals surface area contributed by atoms with Crippen LogP contribution in [0.3, 0.4) is 0 Å². The molecule has 1 aliphatic heterocycles. The molecule has 0 saturated carbocycles. The fraction of sp³-hybridized carbons (Fsp3) is 0.222. The lowest BCUT2D eigenvalue weighted by Crippen LogP contribution is -2.29. The molecule has 3 rings (SSSR count). The Hall–Kier alpha value is -2.16. The Kier molecular flexibility index (Phi) is 5.98. The highest BCUT2D eigenvalue weighted by Gasteiger charge is 2.31. The molecule has 1 N–H and O–H groups in total. The van der Waals surface area contributed by atoms with Gasteiger partial charge in [0, 0.05) is 18.4 Å². The average molecular weight is 423 g/mol. The number of carbonyl (C=O) groups is 2. The van der Waals surface area contributed by atoms with Crippen molar-refractivity contribution in [1.82, 2.24) is 9.88 Å². The maximum Gasteiger partial charge on any atom is 0.303 e. The number of nitrogens with zero attached hydrogens (tertiary/aromatic N) is 2. The second kappa shape index (κ2) is 8.24. The highest BCUT2D eigenvalue weighted by molar-refractivity contribution is 8.26. The molecule has 1 saturated heterocycles. The largest absolute Gasteiger partial charge is 0.494 e. The van der Waals surface area contributed by atoms with E-state index in [0.29, 0.717) is 37.6 Å². The first kappa shape index (κ1) is 19.6. The summed E-state index contributed by atoms with van der Waals surface area (Å²) in [6, 6.07) is 7.08. The average Bonchev–Trinajstić information content (AvgIpc) is 2.89. The SMILES string of the molecule is COc1ccc(Cl)c2ccc(/C=C3\SC(=S)N(CCCC(=O)O)C3=O)nc12. The topological polar surface area (TPSA) is 79.7 Å². The van der Waals surface area contributed by atoms with Crippen LogP contribution in [-0.2, 0) is 9.59 Å². The molecule has 0 aliphatic carbocycles. The van der Waals surface area contributed by atoms with Gasteiger partial charge >= 0.3 is 5.97 Å². The van der Waals surface area contributed by atoms with Crippen molar-refractivity contribution >= 4 is 68.8 Å². The molecular formula is C18H15ClN2O4S2. The number of thioether (sulfide) groups is 1. The van der Waals surface area contributed by atoms with E-state index >= 15 is 0 Å². The number of ether oxygens (including phenoxy) is 1. The molecule has 9 heteroatoms. The van der Waals surface area contributed by atoms with Crippen molar-refractivity contribution in [2.75, 3.05) is 13.7 Å². The lowest BCUT2D eigenvalue weighted by Gasteiger charge is -2.13. The van der Waals surface area contributed by atoms with Gasteiger partial charge in [0.1, 0.15) is 15.6 Å². The number of amides is 1. The Morgan fingerprint density at radius 2 is 2.19 bits per heavy atom. The van der Waals surface area contributed by atoms with Crippen molar-refractivity contribution < 1.29 is 19.4 Å². The maximum atomic E-state index is 12.6. The molecule has 140 valence electrons. The predicted molar refractivity (Wildman–Crippen MR) is 110 cm³/mol. The number of benzene rings is 1. The molecule has 1 fully saturated rings. The number of methoxy groups -OCH3 is 1. The molecule has 27 heavy (non-hydrogen) atoms. The standard InChI is InChI=1S/C18H15ClN2O4S2/c1-25-13-7-6-12(19)11-5-4-10(20-16(11)13)9-14-17(24)21(18(26)27-14)8-2-3-15(22)23/h4-7,9H,2-3,8H2,1H3,(H,22,23)/b14-9-. The molecule has 1 aromatic heterocycles. The third kappa shape index (κ3) is 4.23. The van der Waals surface area contributed by atoms with E-state index in [1.54, 1.807) is 31.4 Å². The molecule has 0 radical (unpaired) electrons. The number of thiocarbonyl (C=S) groups is 1. The van der Waals surface area contributed by atoms with Crippen LogP contribution < -0.4 is 4.74 Å². The number of carbonyl (C=O) groups excluding carboxylic acids is 1. The Morgan fingerprint density at radius 1 is 1.41 bits per heavy atom. The first-order chi connectivity index (χ1) is 12.9. The summed E-state index contributed by atoms with van der Waals surface area (Å²) in [6.45, 7) is 0.281. The zero-order valence-corrected chi connectivity index (χ0v) is 16.7. The van der Waals surface area contributed by atoms with Crippen LogP contribution in [0, 0.1) is 0 Å². The van der Waals surface area contributed by atoms with Crippen molar-refractivity contribution in [3.05, 3.63) is 39.9 Å². The van der Waals surface area contributed by atoms with Crippen LogP contribution in [0.25, 0.3) is 17.0 Å². The fourth-order valence-electron chi connectivity index (χ4n) is 2.63. The van der Waals surface area contributed by atoms with E-state index in [1.807, 2.05) is 6.07 Å². The molecular weight excluding hydrogens is 408 g/mol. The number of rotatable bonds is 6. The van der Waals surface area contributed by atoms with Crippen molar-refractivity contribution in [1.29, 1.82) is 0 Å². The first-order valence-corrected chi connectivity index (χ1v) is 9.61. The number of hydrogen-bond acceptors (Lipinski definition) is 6. The van der Waals surface area contributed by atoms with Gasteiger partial charge in [-0.3, -0.25) is 14.5 Å². The van der Waals surface area contributed by atoms with Crippen molar-refractivity contribution in [3.63, 3.8) is 0 Å². The lowest BCUT2D eigenvalue weighted by molar-refractivity contribution is -0.137. The minimum atomic E-state index is -0.899. The van der Waals surface area contributed by atoms with E-state index in [1.165, 1.54) is 16.7 Å². The number of fused-ring (bicyclic) bond motifs is 1. The number of halogens is 1. The van der Waals surface area contributed by atoms with Gasteiger partial charge in [0.2, 0.25) is 0 Å². The van der Waals surface area contributed by atoms with Gasteiger partial charge in [-0.25, -0.2) is 4.98 Å². The summed E-state index contributed by atoms with van der Waals surface area (Å²) in [6.07, 6.45) is 2.00. The van der Waals surface area contributed by atoms with Crippen LogP contribution in [0.15, 0.2) is 29.2 Å². The minimum Gasteiger partial charge on any atom is -0.494 e. The van der Waals surface area contributed by atoms with Crippen LogP contribution >= 0.6 is 35.6 Å². The second-order valence-electron chi connectivity index (χ2n) is 5.71. The molecule has 2 heterocycles. The van der Waals surface area contributed by atoms with E-state index in [9.17, 15) is 9.59 Å². The van der Waals surface area contributed by atoms with E-state index in [4.69, 9.17) is 33.7 Å². The number of hydrogen-bond donors (Lipinski definition) is 1. The van der Waals surface area contributed by atoms with E-state index in [2.05, 4.69) is 4.98 Å². The van der Waals surface area contributed by atoms with Gasteiger partial charge in [0.25, 0.3) is 5.91 Å². The lowest BCUT2D eigenvalue weighted by atomic mass is 10.2. The van der Waals surface area contributed by atoms with Crippen LogP contribution in [0.2, 0.25) is 5.02 Å². The van der Waals surface area contributed by atoms with Gasteiger partial charge in [-0.15, -0.1) is 0 Å². The quantitative estimate of drug-likeness (QED) is 0.557. The maximum absolute atomic E-state index is 12.6. The third-order valence-corrected chi connectivity index (χ3v) is 5.64. The monoisotopic (exact) mass is 422 g/mol. The van der Waals surface area contributed by atoms with Crippen molar-refractivity contribution in [2.45, 2.75) is 12.8 Å². The highest BCUT2D eigenvalue weighted by atomic mass is 35.5. The van der Waals surface area contributed by atoms with Crippen LogP contribution in [-0.4, -0.2) is 44.8 Å². The van der Waals surface area contributed by atoms with Gasteiger partial charge in [-0.1, -0.05) is 35.6 Å². The Morgan fingerprint density at radius 3 is 2.89 bits per heavy atom. The van der Waals surface area contributed by atoms with Gasteiger partial charge in [0.05, 0.1) is 22.7 Å². The third-order valence-electron chi connectivity index (χ3n) is 3.93. The number of carboxylic acids is 1. The molecule has 1 amide bonds. The number of aromatic nitrogens is 1. The smallest absolute Gasteiger partial charge is 0.303 e. The Balaban J connectivity index is 1.87. The molecule has 2 aromatic rings. The van der Waals surface area contributed by atoms with Gasteiger partial charge in [-0.05, 0) is 36.8 Å². The number of carboxylic acid groups (broad SMARTS) is 1. The zero-order valence-electron chi connectivity index (χ0n) is 14.3. The number of aliphatic carboxylic acids is 1. The summed E-state index contributed by atoms with van der Waals surface area (Å²) in [5, 5.41) is 10.1. The summed E-state index contributed by atoms with van der Waals surface area (Å²) in [5.74, 6) is -0.551. The molecule has 1 aliphatic rings. The summed E-state index contributed by atoms with van der Waals surface area (Å²) in [4.78, 5) is 29.6. The Labute approximate surface area is 170 Å². The van der Waals surface area contributed by atoms with E-state index in [0.717, 1.165) is 5.39 Å². The molecule has 0 unspecified atom stereocenters. The van der Waals surface area contributed by atoms with Gasteiger partial charge in [0.15, 0.2) is 0 Å². The minimum absolute atomic E-state index is 0.0110. The second-order valence-corrected chi connectivity index (χ2v) is 7.80. The van der Waals surface area contributed by atoms with Gasteiger partial charge in [-0.2, -0.15) is 0 Å². The van der Waals surface area contributed by atoms with E-state index < -0.39 is 5.97 Å². The highest BCUT2D eigenvalue weighted by Crippen LogP contribution is 2.34. The number of pyridine rings is 1. The molecule has 1 aromatic carbocycles. The summed E-state index contributed by atoms with van der Waals surface area (Å²) >= 11 is 12.6. The van der Waals surface area contributed by atoms with Crippen LogP contribution in [0.1, 0.15) is 18.5 Å². The van der Waals surface area contributed by atoms with Crippen molar-refractivity contribution in [3.8, 4) is 5.75 Å². The molecule has 0 atom stereocenters. The zero-order chi connectivity index (χ0) is 19.6. The normalized spacial score (nSPS) is 15.8.